The molecule has 4 rings (SSSR count). The molecule has 2 heterocycles. The van der Waals surface area contributed by atoms with Gasteiger partial charge in [-0.3, -0.25) is 10.2 Å². The number of aryl methyl sites for hydroxylation is 2. The first-order valence-corrected chi connectivity index (χ1v) is 10.0. The molecule has 0 fully saturated rings. The normalized spacial score (nSPS) is 11.6. The van der Waals surface area contributed by atoms with Crippen LogP contribution >= 0.6 is 24.4 Å². The molecule has 0 aliphatic heterocycles. The fourth-order valence-electron chi connectivity index (χ4n) is 2.76. The van der Waals surface area contributed by atoms with Crippen molar-refractivity contribution >= 4 is 36.9 Å². The van der Waals surface area contributed by atoms with E-state index < -0.39 is 0 Å². The summed E-state index contributed by atoms with van der Waals surface area (Å²) >= 11 is 10.6. The Kier molecular flexibility index (Phi) is 6.16. The molecular weight excluding hydrogens is 416 g/mol. The molecule has 0 saturated heterocycles. The molecule has 0 amide bonds. The van der Waals surface area contributed by atoms with Crippen molar-refractivity contribution in [1.29, 1.82) is 0 Å². The molecule has 0 bridgehead atoms. The summed E-state index contributed by atoms with van der Waals surface area (Å²) in [6, 6.07) is 19.6. The third-order valence-electron chi connectivity index (χ3n) is 4.25. The molecule has 2 N–H and O–H groups in total. The summed E-state index contributed by atoms with van der Waals surface area (Å²) in [5.41, 5.74) is 1.95. The van der Waals surface area contributed by atoms with Crippen molar-refractivity contribution in [1.82, 2.24) is 29.7 Å². The summed E-state index contributed by atoms with van der Waals surface area (Å²) < 4.78 is 4.08. The number of nitrogens with one attached hydrogen (secondary N) is 2. The Hall–Kier alpha value is -3.50. The summed E-state index contributed by atoms with van der Waals surface area (Å²) in [5.74, 6) is 1.39. The highest BCUT2D eigenvalue weighted by molar-refractivity contribution is 7.71. The summed E-state index contributed by atoms with van der Waals surface area (Å²) in [7, 11) is 0. The predicted octanol–water partition coefficient (Wildman–Crippen LogP) is 3.74. The first kappa shape index (κ1) is 19.8. The Morgan fingerprint density at radius 3 is 1.50 bits per heavy atom. The molecule has 10 heteroatoms. The Balaban J connectivity index is 1.51. The van der Waals surface area contributed by atoms with Gasteiger partial charge in [0.2, 0.25) is 9.54 Å². The van der Waals surface area contributed by atoms with Crippen LogP contribution in [0.3, 0.4) is 0 Å². The smallest absolute Gasteiger partial charge is 0.216 e. The summed E-state index contributed by atoms with van der Waals surface area (Å²) in [4.78, 5) is 0. The van der Waals surface area contributed by atoms with Crippen LogP contribution in [-0.4, -0.2) is 42.2 Å². The van der Waals surface area contributed by atoms with E-state index in [1.807, 2.05) is 60.7 Å². The zero-order valence-corrected chi connectivity index (χ0v) is 17.5. The van der Waals surface area contributed by atoms with Gasteiger partial charge in [0.15, 0.2) is 11.6 Å². The van der Waals surface area contributed by atoms with Gasteiger partial charge in [0.1, 0.15) is 0 Å². The lowest BCUT2D eigenvalue weighted by molar-refractivity contribution is 0.699. The Morgan fingerprint density at radius 2 is 1.10 bits per heavy atom. The maximum atomic E-state index is 5.31. The topological polar surface area (TPSA) is 91.9 Å². The summed E-state index contributed by atoms with van der Waals surface area (Å²) in [6.45, 7) is 0. The highest BCUT2D eigenvalue weighted by atomic mass is 32.1. The van der Waals surface area contributed by atoms with Crippen molar-refractivity contribution in [3.63, 3.8) is 0 Å². The van der Waals surface area contributed by atoms with Crippen LogP contribution < -0.4 is 0 Å². The van der Waals surface area contributed by atoms with Gasteiger partial charge in [-0.2, -0.15) is 29.8 Å². The Labute approximate surface area is 182 Å². The van der Waals surface area contributed by atoms with Crippen LogP contribution in [0.25, 0.3) is 0 Å². The van der Waals surface area contributed by atoms with Gasteiger partial charge in [0, 0.05) is 12.8 Å². The predicted molar refractivity (Wildman–Crippen MR) is 121 cm³/mol. The van der Waals surface area contributed by atoms with Gasteiger partial charge in [0.25, 0.3) is 0 Å². The number of H-pyrrole nitrogens is 2. The van der Waals surface area contributed by atoms with E-state index in [2.05, 4.69) is 30.6 Å². The summed E-state index contributed by atoms with van der Waals surface area (Å²) in [6.07, 6.45) is 4.60. The molecule has 8 nitrogen and oxygen atoms in total. The lowest BCUT2D eigenvalue weighted by Gasteiger charge is -2.02. The summed E-state index contributed by atoms with van der Waals surface area (Å²) in [5, 5.41) is 23.1. The molecule has 150 valence electrons. The Bertz CT molecular complexity index is 1180. The van der Waals surface area contributed by atoms with Gasteiger partial charge in [0.05, 0.1) is 12.4 Å². The molecule has 0 aliphatic carbocycles. The number of rotatable bonds is 7. The second-order valence-electron chi connectivity index (χ2n) is 6.32. The minimum Gasteiger partial charge on any atom is -0.250 e. The number of hydrogen-bond acceptors (Lipinski definition) is 6. The van der Waals surface area contributed by atoms with E-state index in [0.29, 0.717) is 34.0 Å². The van der Waals surface area contributed by atoms with E-state index in [1.54, 1.807) is 21.8 Å². The number of hydrogen-bond donors (Lipinski definition) is 2. The molecule has 0 atom stereocenters. The number of aromatic nitrogens is 6. The average Bonchev–Trinajstić information content (AvgIpc) is 3.32. The van der Waals surface area contributed by atoms with E-state index in [-0.39, 0.29) is 0 Å². The van der Waals surface area contributed by atoms with Crippen molar-refractivity contribution in [3.05, 3.63) is 93.0 Å². The monoisotopic (exact) mass is 434 g/mol. The molecule has 0 unspecified atom stereocenters. The molecule has 30 heavy (non-hydrogen) atoms. The van der Waals surface area contributed by atoms with Gasteiger partial charge in [-0.25, -0.2) is 0 Å². The van der Waals surface area contributed by atoms with Crippen molar-refractivity contribution in [2.75, 3.05) is 0 Å². The van der Waals surface area contributed by atoms with Gasteiger partial charge in [-0.05, 0) is 35.6 Å². The third-order valence-corrected chi connectivity index (χ3v) is 4.78. The SMILES string of the molecule is S=c1[nH]nc(CCc2n[nH]c(=S)n2N=Cc2ccccc2)n1N=Cc1ccccc1. The van der Waals surface area contributed by atoms with Crippen LogP contribution in [0.15, 0.2) is 70.9 Å². The fraction of sp³-hybridized carbons (Fsp3) is 0.100. The lowest BCUT2D eigenvalue weighted by Crippen LogP contribution is -2.05. The van der Waals surface area contributed by atoms with Crippen LogP contribution in [0.1, 0.15) is 22.8 Å². The molecule has 0 spiro atoms. The van der Waals surface area contributed by atoms with Crippen LogP contribution in [0.4, 0.5) is 0 Å². The lowest BCUT2D eigenvalue weighted by atomic mass is 10.2. The van der Waals surface area contributed by atoms with Crippen molar-refractivity contribution in [3.8, 4) is 0 Å². The van der Waals surface area contributed by atoms with E-state index in [1.165, 1.54) is 0 Å². The largest absolute Gasteiger partial charge is 0.250 e. The number of aromatic amines is 2. The van der Waals surface area contributed by atoms with Gasteiger partial charge in [-0.15, -0.1) is 0 Å². The Morgan fingerprint density at radius 1 is 0.700 bits per heavy atom. The highest BCUT2D eigenvalue weighted by Crippen LogP contribution is 2.07. The van der Waals surface area contributed by atoms with E-state index in [4.69, 9.17) is 24.4 Å². The maximum Gasteiger partial charge on any atom is 0.216 e. The molecule has 0 saturated carbocycles. The maximum absolute atomic E-state index is 5.31. The molecular formula is C20H18N8S2. The molecule has 0 aliphatic rings. The standard InChI is InChI=1S/C20H18N8S2/c29-19-25-23-17(27(19)21-13-15-7-3-1-4-8-15)11-12-18-24-26-20(30)28(18)22-14-16-9-5-2-6-10-16/h1-10,13-14H,11-12H2,(H,25,29)(H,26,30). The minimum absolute atomic E-state index is 0.429. The first-order valence-electron chi connectivity index (χ1n) is 9.22. The van der Waals surface area contributed by atoms with E-state index in [9.17, 15) is 0 Å². The van der Waals surface area contributed by atoms with Gasteiger partial charge < -0.3 is 0 Å². The fourth-order valence-corrected chi connectivity index (χ4v) is 3.16. The van der Waals surface area contributed by atoms with Crippen LogP contribution in [0.5, 0.6) is 0 Å². The molecule has 2 aromatic carbocycles. The second kappa shape index (κ2) is 9.33. The van der Waals surface area contributed by atoms with Gasteiger partial charge in [-0.1, -0.05) is 60.7 Å². The first-order chi connectivity index (χ1) is 14.7. The minimum atomic E-state index is 0.429. The zero-order valence-electron chi connectivity index (χ0n) is 15.8. The van der Waals surface area contributed by atoms with Crippen molar-refractivity contribution in [2.45, 2.75) is 12.8 Å². The zero-order chi connectivity index (χ0) is 20.8. The van der Waals surface area contributed by atoms with Crippen molar-refractivity contribution < 1.29 is 0 Å². The molecule has 0 radical (unpaired) electrons. The van der Waals surface area contributed by atoms with Crippen LogP contribution in [0, 0.1) is 9.54 Å². The van der Waals surface area contributed by atoms with E-state index >= 15 is 0 Å². The quantitative estimate of drug-likeness (QED) is 0.342. The molecule has 4 aromatic rings. The van der Waals surface area contributed by atoms with Gasteiger partial charge >= 0.3 is 0 Å². The third kappa shape index (κ3) is 4.73. The second-order valence-corrected chi connectivity index (χ2v) is 7.10. The van der Waals surface area contributed by atoms with E-state index in [0.717, 1.165) is 11.1 Å². The molecule has 2 aromatic heterocycles. The highest BCUT2D eigenvalue weighted by Gasteiger charge is 2.10. The average molecular weight is 435 g/mol. The number of nitrogens with zero attached hydrogens (tertiary/aromatic N) is 6. The van der Waals surface area contributed by atoms with Crippen LogP contribution in [-0.2, 0) is 12.8 Å². The number of benzene rings is 2. The van der Waals surface area contributed by atoms with Crippen LogP contribution in [0.2, 0.25) is 0 Å². The van der Waals surface area contributed by atoms with Crippen molar-refractivity contribution in [2.24, 2.45) is 10.2 Å².